The fourth-order valence-electron chi connectivity index (χ4n) is 6.56. The van der Waals surface area contributed by atoms with Crippen molar-refractivity contribution in [1.82, 2.24) is 0 Å². The topological polar surface area (TPSA) is 111 Å². The summed E-state index contributed by atoms with van der Waals surface area (Å²) in [5, 5.41) is 3.38. The van der Waals surface area contributed by atoms with Gasteiger partial charge in [-0.25, -0.2) is 0 Å². The molecule has 4 aliphatic heterocycles. The predicted octanol–water partition coefficient (Wildman–Crippen LogP) is 12.3. The van der Waals surface area contributed by atoms with Crippen molar-refractivity contribution in [1.29, 1.82) is 0 Å². The zero-order chi connectivity index (χ0) is 43.7. The van der Waals surface area contributed by atoms with Gasteiger partial charge in [0.15, 0.2) is 0 Å². The Labute approximate surface area is 378 Å². The molecule has 0 bridgehead atoms. The third kappa shape index (κ3) is 11.1. The molecule has 61 heavy (non-hydrogen) atoms. The molecule has 4 fully saturated rings. The summed E-state index contributed by atoms with van der Waals surface area (Å²) in [4.78, 5) is 0. The summed E-state index contributed by atoms with van der Waals surface area (Å²) < 4.78 is 75.1. The van der Waals surface area contributed by atoms with Crippen LogP contribution in [0.25, 0.3) is 21.5 Å². The van der Waals surface area contributed by atoms with Crippen LogP contribution in [0.1, 0.15) is 66.5 Å². The van der Waals surface area contributed by atoms with Gasteiger partial charge in [-0.2, -0.15) is 0 Å². The van der Waals surface area contributed by atoms with Gasteiger partial charge in [0, 0.05) is 86.4 Å². The molecule has 12 nitrogen and oxygen atoms in total. The Balaban J connectivity index is 1.25. The average Bonchev–Trinajstić information content (AvgIpc) is 3.19. The minimum atomic E-state index is -3.23. The van der Waals surface area contributed by atoms with Gasteiger partial charge < -0.3 is 18.1 Å². The first-order valence-corrected chi connectivity index (χ1v) is 30.1. The van der Waals surface area contributed by atoms with Crippen molar-refractivity contribution in [3.8, 4) is 23.0 Å². The molecule has 332 valence electrons. The molecule has 0 aliphatic carbocycles. The van der Waals surface area contributed by atoms with E-state index in [-0.39, 0.29) is 28.1 Å². The lowest BCUT2D eigenvalue weighted by molar-refractivity contribution is 0.0405. The van der Waals surface area contributed by atoms with Crippen LogP contribution in [0.4, 0.5) is 0 Å². The van der Waals surface area contributed by atoms with Gasteiger partial charge >= 0.3 is 26.9 Å². The van der Waals surface area contributed by atoms with Crippen molar-refractivity contribution < 1.29 is 54.3 Å². The van der Waals surface area contributed by atoms with E-state index in [1.54, 1.807) is 0 Å². The quantitative estimate of drug-likeness (QED) is 0.140. The second kappa shape index (κ2) is 16.9. The molecule has 4 saturated heterocycles. The first-order valence-electron chi connectivity index (χ1n) is 19.9. The molecule has 0 radical (unpaired) electrons. The van der Waals surface area contributed by atoms with Crippen molar-refractivity contribution in [2.24, 2.45) is 21.7 Å². The van der Waals surface area contributed by atoms with Gasteiger partial charge in [-0.15, -0.1) is 0 Å². The Kier molecular flexibility index (Phi) is 12.9. The van der Waals surface area contributed by atoms with Crippen LogP contribution in [0.15, 0.2) is 60.7 Å². The molecule has 0 aromatic heterocycles. The SMILES string of the molecule is CC1(C)COP(=S)(Oc2ccc3ccc(OP4(=S)OCC(C)(C)CO4)c(Cc4c(OP5(=S)OCC(C)(C)CO5)ccc5ccc(OP6(=S)OCC(C)(C)CO6)cc45)c3c2)OC1. The molecule has 0 atom stereocenters. The molecule has 4 heterocycles. The third-order valence-corrected chi connectivity index (χ3v) is 18.9. The van der Waals surface area contributed by atoms with E-state index in [1.165, 1.54) is 0 Å². The molecule has 0 saturated carbocycles. The number of hydrogen-bond donors (Lipinski definition) is 0. The van der Waals surface area contributed by atoms with E-state index in [9.17, 15) is 0 Å². The highest BCUT2D eigenvalue weighted by atomic mass is 32.5. The number of rotatable bonds is 10. The van der Waals surface area contributed by atoms with Crippen LogP contribution in [-0.4, -0.2) is 52.9 Å². The monoisotopic (exact) mass is 988 g/mol. The summed E-state index contributed by atoms with van der Waals surface area (Å²) in [6.07, 6.45) is 0.235. The zero-order valence-corrected chi connectivity index (χ0v) is 42.3. The van der Waals surface area contributed by atoms with Gasteiger partial charge in [0.2, 0.25) is 0 Å². The van der Waals surface area contributed by atoms with Crippen LogP contribution in [0.2, 0.25) is 0 Å². The average molecular weight is 989 g/mol. The Morgan fingerprint density at radius 3 is 0.967 bits per heavy atom. The Morgan fingerprint density at radius 1 is 0.410 bits per heavy atom. The van der Waals surface area contributed by atoms with E-state index in [4.69, 9.17) is 102 Å². The van der Waals surface area contributed by atoms with E-state index in [2.05, 4.69) is 55.4 Å². The second-order valence-corrected chi connectivity index (χ2v) is 30.8. The lowest BCUT2D eigenvalue weighted by Gasteiger charge is -2.36. The lowest BCUT2D eigenvalue weighted by atomic mass is 9.93. The number of hydrogen-bond acceptors (Lipinski definition) is 16. The highest BCUT2D eigenvalue weighted by molar-refractivity contribution is 8.08. The summed E-state index contributed by atoms with van der Waals surface area (Å²) in [6, 6.07) is 19.2. The van der Waals surface area contributed by atoms with Crippen molar-refractivity contribution >= 4 is 95.6 Å². The van der Waals surface area contributed by atoms with E-state index in [0.29, 0.717) is 75.9 Å². The molecular weight excluding hydrogens is 937 g/mol. The molecule has 4 aromatic rings. The van der Waals surface area contributed by atoms with Crippen LogP contribution in [-0.2, 0) is 89.8 Å². The van der Waals surface area contributed by atoms with Gasteiger partial charge in [-0.1, -0.05) is 79.7 Å². The number of benzene rings is 4. The molecule has 20 heteroatoms. The first-order chi connectivity index (χ1) is 28.4. The Morgan fingerprint density at radius 2 is 0.672 bits per heavy atom. The van der Waals surface area contributed by atoms with Crippen molar-refractivity contribution in [2.45, 2.75) is 61.8 Å². The maximum Gasteiger partial charge on any atom is 0.380 e. The van der Waals surface area contributed by atoms with Crippen LogP contribution in [0.5, 0.6) is 23.0 Å². The van der Waals surface area contributed by atoms with E-state index < -0.39 is 26.9 Å². The lowest BCUT2D eigenvalue weighted by Crippen LogP contribution is -2.30. The number of fused-ring (bicyclic) bond motifs is 2. The Hall–Kier alpha value is -1.12. The summed E-state index contributed by atoms with van der Waals surface area (Å²) in [7, 11) is 0. The van der Waals surface area contributed by atoms with Gasteiger partial charge in [-0.05, 0) is 57.9 Å². The maximum absolute atomic E-state index is 6.69. The van der Waals surface area contributed by atoms with Gasteiger partial charge in [0.05, 0.1) is 52.9 Å². The predicted molar refractivity (Wildman–Crippen MR) is 253 cm³/mol. The minimum absolute atomic E-state index is 0.184. The summed E-state index contributed by atoms with van der Waals surface area (Å²) in [6.45, 7) is 7.02. The molecule has 0 unspecified atom stereocenters. The smallest absolute Gasteiger partial charge is 0.380 e. The Bertz CT molecular complexity index is 2330. The zero-order valence-electron chi connectivity index (χ0n) is 35.5. The molecule has 0 amide bonds. The summed E-state index contributed by atoms with van der Waals surface area (Å²) in [5.41, 5.74) is 0.671. The minimum Gasteiger partial charge on any atom is -0.424 e. The normalized spacial score (nSPS) is 24.4. The van der Waals surface area contributed by atoms with Crippen molar-refractivity contribution in [3.63, 3.8) is 0 Å². The molecule has 0 spiro atoms. The van der Waals surface area contributed by atoms with Crippen LogP contribution < -0.4 is 18.1 Å². The highest BCUT2D eigenvalue weighted by Crippen LogP contribution is 2.60. The molecule has 4 aromatic carbocycles. The van der Waals surface area contributed by atoms with Gasteiger partial charge in [-0.3, -0.25) is 36.2 Å². The van der Waals surface area contributed by atoms with E-state index >= 15 is 0 Å². The van der Waals surface area contributed by atoms with E-state index in [0.717, 1.165) is 32.7 Å². The van der Waals surface area contributed by atoms with E-state index in [1.807, 2.05) is 60.7 Å². The standard InChI is InChI=1S/C41H52O12P4S4/c1-38(2)20-42-54(58,43-21-38)50-30-13-9-28-11-15-36(52-56(60)46-24-40(5,6)25-47-56)34(32(28)17-30)19-35-33-18-31(51-55(59)44-22-39(3,4)23-45-55)14-10-29(33)12-16-37(35)53-57(61)48-26-41(7,8)27-49-57/h9-18H,19-27H2,1-8H3. The third-order valence-electron chi connectivity index (χ3n) is 10.2. The second-order valence-electron chi connectivity index (χ2n) is 19.0. The van der Waals surface area contributed by atoms with Gasteiger partial charge in [0.1, 0.15) is 23.0 Å². The summed E-state index contributed by atoms with van der Waals surface area (Å²) >= 11 is 23.6. The van der Waals surface area contributed by atoms with Crippen LogP contribution in [0.3, 0.4) is 0 Å². The summed E-state index contributed by atoms with van der Waals surface area (Å²) in [5.74, 6) is 1.89. The molecule has 8 rings (SSSR count). The first kappa shape index (κ1) is 46.4. The highest BCUT2D eigenvalue weighted by Gasteiger charge is 2.40. The van der Waals surface area contributed by atoms with Gasteiger partial charge in [0.25, 0.3) is 0 Å². The molecule has 4 aliphatic rings. The van der Waals surface area contributed by atoms with Crippen molar-refractivity contribution in [2.75, 3.05) is 52.9 Å². The molecular formula is C41H52O12P4S4. The largest absolute Gasteiger partial charge is 0.424 e. The fourth-order valence-corrected chi connectivity index (χ4v) is 15.2. The molecule has 0 N–H and O–H groups in total. The van der Waals surface area contributed by atoms with Crippen LogP contribution in [0, 0.1) is 21.7 Å². The fraction of sp³-hybridized carbons (Fsp3) is 0.512. The van der Waals surface area contributed by atoms with Crippen molar-refractivity contribution in [3.05, 3.63) is 71.8 Å². The maximum atomic E-state index is 6.69. The van der Waals surface area contributed by atoms with Crippen LogP contribution >= 0.6 is 26.9 Å².